The summed E-state index contributed by atoms with van der Waals surface area (Å²) in [6.45, 7) is 3.01. The minimum Gasteiger partial charge on any atom is -0.373 e. The van der Waals surface area contributed by atoms with E-state index in [-0.39, 0.29) is 0 Å². The summed E-state index contributed by atoms with van der Waals surface area (Å²) in [7, 11) is 2.01. The van der Waals surface area contributed by atoms with E-state index in [1.165, 1.54) is 0 Å². The molecule has 3 heteroatoms. The highest BCUT2D eigenvalue weighted by Crippen LogP contribution is 2.29. The van der Waals surface area contributed by atoms with Gasteiger partial charge in [-0.05, 0) is 18.6 Å². The lowest BCUT2D eigenvalue weighted by atomic mass is 10.2. The van der Waals surface area contributed by atoms with Crippen LogP contribution in [0.2, 0.25) is 5.02 Å². The van der Waals surface area contributed by atoms with Gasteiger partial charge in [-0.1, -0.05) is 23.7 Å². The number of halogens is 2. The van der Waals surface area contributed by atoms with E-state index in [2.05, 4.69) is 11.8 Å². The van der Waals surface area contributed by atoms with Gasteiger partial charge < -0.3 is 4.90 Å². The molecule has 0 aliphatic carbocycles. The Labute approximate surface area is 89.3 Å². The Morgan fingerprint density at radius 2 is 2.08 bits per heavy atom. The van der Waals surface area contributed by atoms with Crippen LogP contribution in [-0.2, 0) is 5.88 Å². The third kappa shape index (κ3) is 2.29. The molecule has 0 amide bonds. The van der Waals surface area contributed by atoms with Crippen molar-refractivity contribution in [2.24, 2.45) is 0 Å². The zero-order chi connectivity index (χ0) is 9.84. The van der Waals surface area contributed by atoms with Gasteiger partial charge >= 0.3 is 0 Å². The molecule has 0 heterocycles. The van der Waals surface area contributed by atoms with Crippen molar-refractivity contribution in [3.63, 3.8) is 0 Å². The van der Waals surface area contributed by atoms with Crippen molar-refractivity contribution in [1.29, 1.82) is 0 Å². The molecular formula is C10H13Cl2N. The Hall–Kier alpha value is -0.400. The SMILES string of the molecule is CCN(C)c1c(Cl)cccc1CCl. The summed E-state index contributed by atoms with van der Waals surface area (Å²) in [6.07, 6.45) is 0. The van der Waals surface area contributed by atoms with E-state index in [9.17, 15) is 0 Å². The van der Waals surface area contributed by atoms with Crippen molar-refractivity contribution in [3.05, 3.63) is 28.8 Å². The monoisotopic (exact) mass is 217 g/mol. The predicted octanol–water partition coefficient (Wildman–Crippen LogP) is 3.53. The van der Waals surface area contributed by atoms with Gasteiger partial charge in [0.1, 0.15) is 0 Å². The summed E-state index contributed by atoms with van der Waals surface area (Å²) in [5.74, 6) is 0.500. The third-order valence-electron chi connectivity index (χ3n) is 2.07. The maximum atomic E-state index is 6.08. The molecule has 0 aliphatic rings. The molecule has 1 rings (SSSR count). The fourth-order valence-corrected chi connectivity index (χ4v) is 1.81. The number of nitrogens with zero attached hydrogens (tertiary/aromatic N) is 1. The van der Waals surface area contributed by atoms with Gasteiger partial charge in [0.15, 0.2) is 0 Å². The van der Waals surface area contributed by atoms with E-state index in [1.807, 2.05) is 25.2 Å². The number of alkyl halides is 1. The van der Waals surface area contributed by atoms with Gasteiger partial charge in [-0.25, -0.2) is 0 Å². The first kappa shape index (κ1) is 10.7. The van der Waals surface area contributed by atoms with Crippen LogP contribution in [0.3, 0.4) is 0 Å². The van der Waals surface area contributed by atoms with Gasteiger partial charge in [0.2, 0.25) is 0 Å². The molecule has 72 valence electrons. The highest BCUT2D eigenvalue weighted by Gasteiger charge is 2.08. The van der Waals surface area contributed by atoms with Crippen LogP contribution in [0, 0.1) is 0 Å². The molecule has 1 nitrogen and oxygen atoms in total. The van der Waals surface area contributed by atoms with Gasteiger partial charge in [-0.3, -0.25) is 0 Å². The molecule has 1 aromatic rings. The van der Waals surface area contributed by atoms with E-state index in [0.29, 0.717) is 5.88 Å². The average Bonchev–Trinajstić information content (AvgIpc) is 2.16. The minimum atomic E-state index is 0.500. The quantitative estimate of drug-likeness (QED) is 0.701. The lowest BCUT2D eigenvalue weighted by Crippen LogP contribution is -2.17. The van der Waals surface area contributed by atoms with E-state index in [0.717, 1.165) is 22.8 Å². The number of hydrogen-bond donors (Lipinski definition) is 0. The fourth-order valence-electron chi connectivity index (χ4n) is 1.25. The highest BCUT2D eigenvalue weighted by molar-refractivity contribution is 6.33. The molecule has 0 saturated carbocycles. The topological polar surface area (TPSA) is 3.24 Å². The first-order valence-electron chi connectivity index (χ1n) is 4.25. The van der Waals surface area contributed by atoms with Crippen molar-refractivity contribution >= 4 is 28.9 Å². The average molecular weight is 218 g/mol. The molecule has 0 aromatic heterocycles. The zero-order valence-corrected chi connectivity index (χ0v) is 9.36. The number of para-hydroxylation sites is 1. The standard InChI is InChI=1S/C10H13Cl2N/c1-3-13(2)10-8(7-11)5-4-6-9(10)12/h4-6H,3,7H2,1-2H3. The molecule has 13 heavy (non-hydrogen) atoms. The number of rotatable bonds is 3. The summed E-state index contributed by atoms with van der Waals surface area (Å²) < 4.78 is 0. The lowest BCUT2D eigenvalue weighted by molar-refractivity contribution is 0.959. The van der Waals surface area contributed by atoms with Crippen LogP contribution in [0.25, 0.3) is 0 Å². The lowest BCUT2D eigenvalue weighted by Gasteiger charge is -2.21. The number of anilines is 1. The summed E-state index contributed by atoms with van der Waals surface area (Å²) >= 11 is 11.9. The van der Waals surface area contributed by atoms with E-state index in [1.54, 1.807) is 0 Å². The molecule has 0 unspecified atom stereocenters. The van der Waals surface area contributed by atoms with Crippen LogP contribution < -0.4 is 4.90 Å². The predicted molar refractivity (Wildman–Crippen MR) is 60.0 cm³/mol. The maximum absolute atomic E-state index is 6.08. The molecule has 0 spiro atoms. The molecule has 0 fully saturated rings. The van der Waals surface area contributed by atoms with Crippen LogP contribution >= 0.6 is 23.2 Å². The molecule has 0 atom stereocenters. The third-order valence-corrected chi connectivity index (χ3v) is 2.66. The van der Waals surface area contributed by atoms with Crippen molar-refractivity contribution in [3.8, 4) is 0 Å². The van der Waals surface area contributed by atoms with Crippen LogP contribution in [-0.4, -0.2) is 13.6 Å². The van der Waals surface area contributed by atoms with Crippen LogP contribution in [0.1, 0.15) is 12.5 Å². The van der Waals surface area contributed by atoms with E-state index in [4.69, 9.17) is 23.2 Å². The van der Waals surface area contributed by atoms with Crippen LogP contribution in [0.5, 0.6) is 0 Å². The zero-order valence-electron chi connectivity index (χ0n) is 7.85. The summed E-state index contributed by atoms with van der Waals surface area (Å²) in [6, 6.07) is 5.81. The molecule has 0 aliphatic heterocycles. The van der Waals surface area contributed by atoms with E-state index < -0.39 is 0 Å². The molecule has 0 saturated heterocycles. The Morgan fingerprint density at radius 1 is 1.38 bits per heavy atom. The van der Waals surface area contributed by atoms with Crippen LogP contribution in [0.4, 0.5) is 5.69 Å². The second kappa shape index (κ2) is 4.73. The fraction of sp³-hybridized carbons (Fsp3) is 0.400. The van der Waals surface area contributed by atoms with Crippen molar-refractivity contribution in [1.82, 2.24) is 0 Å². The molecule has 0 radical (unpaired) electrons. The highest BCUT2D eigenvalue weighted by atomic mass is 35.5. The molecular weight excluding hydrogens is 205 g/mol. The summed E-state index contributed by atoms with van der Waals surface area (Å²) in [4.78, 5) is 2.10. The summed E-state index contributed by atoms with van der Waals surface area (Å²) in [5.41, 5.74) is 2.13. The molecule has 1 aromatic carbocycles. The van der Waals surface area contributed by atoms with Gasteiger partial charge in [0, 0.05) is 19.5 Å². The Bertz CT molecular complexity index is 286. The largest absolute Gasteiger partial charge is 0.373 e. The Morgan fingerprint density at radius 3 is 2.62 bits per heavy atom. The number of benzene rings is 1. The summed E-state index contributed by atoms with van der Waals surface area (Å²) in [5, 5.41) is 0.766. The maximum Gasteiger partial charge on any atom is 0.0642 e. The van der Waals surface area contributed by atoms with Gasteiger partial charge in [0.25, 0.3) is 0 Å². The number of hydrogen-bond acceptors (Lipinski definition) is 1. The van der Waals surface area contributed by atoms with Crippen molar-refractivity contribution < 1.29 is 0 Å². The Kier molecular flexibility index (Phi) is 3.89. The van der Waals surface area contributed by atoms with Gasteiger partial charge in [0.05, 0.1) is 10.7 Å². The Balaban J connectivity index is 3.14. The second-order valence-corrected chi connectivity index (χ2v) is 3.57. The first-order chi connectivity index (χ1) is 6.20. The second-order valence-electron chi connectivity index (χ2n) is 2.90. The van der Waals surface area contributed by atoms with Crippen molar-refractivity contribution in [2.45, 2.75) is 12.8 Å². The molecule has 0 bridgehead atoms. The first-order valence-corrected chi connectivity index (χ1v) is 5.16. The van der Waals surface area contributed by atoms with E-state index >= 15 is 0 Å². The van der Waals surface area contributed by atoms with Crippen LogP contribution in [0.15, 0.2) is 18.2 Å². The minimum absolute atomic E-state index is 0.500. The normalized spacial score (nSPS) is 10.2. The van der Waals surface area contributed by atoms with Crippen molar-refractivity contribution in [2.75, 3.05) is 18.5 Å². The van der Waals surface area contributed by atoms with Gasteiger partial charge in [-0.2, -0.15) is 0 Å². The smallest absolute Gasteiger partial charge is 0.0642 e. The molecule has 0 N–H and O–H groups in total. The van der Waals surface area contributed by atoms with Gasteiger partial charge in [-0.15, -0.1) is 11.6 Å².